The number of nitrogens with zero attached hydrogens (tertiary/aromatic N) is 6. The Labute approximate surface area is 126 Å². The van der Waals surface area contributed by atoms with Crippen molar-refractivity contribution in [2.45, 2.75) is 0 Å². The van der Waals surface area contributed by atoms with Crippen LogP contribution in [0.25, 0.3) is 16.7 Å². The highest BCUT2D eigenvalue weighted by Gasteiger charge is 2.08. The number of rotatable bonds is 3. The van der Waals surface area contributed by atoms with E-state index in [1.54, 1.807) is 28.0 Å². The van der Waals surface area contributed by atoms with Gasteiger partial charge in [-0.3, -0.25) is 4.68 Å². The SMILES string of the molecule is Cn1cc(Nc2ncc3cnn(-c4ccccc4)c3n2)cn1. The first-order valence-electron chi connectivity index (χ1n) is 6.81. The molecule has 0 aliphatic rings. The van der Waals surface area contributed by atoms with Crippen LogP contribution in [0.4, 0.5) is 11.6 Å². The summed E-state index contributed by atoms with van der Waals surface area (Å²) in [5.41, 5.74) is 2.56. The molecule has 4 rings (SSSR count). The third kappa shape index (κ3) is 2.18. The molecule has 22 heavy (non-hydrogen) atoms. The zero-order chi connectivity index (χ0) is 14.9. The van der Waals surface area contributed by atoms with Crippen LogP contribution in [0.1, 0.15) is 0 Å². The molecule has 1 aromatic carbocycles. The Hall–Kier alpha value is -3.22. The van der Waals surface area contributed by atoms with Crippen LogP contribution >= 0.6 is 0 Å². The van der Waals surface area contributed by atoms with Gasteiger partial charge in [-0.25, -0.2) is 9.67 Å². The average molecular weight is 291 g/mol. The van der Waals surface area contributed by atoms with Crippen molar-refractivity contribution in [1.29, 1.82) is 0 Å². The summed E-state index contributed by atoms with van der Waals surface area (Å²) in [5, 5.41) is 12.5. The van der Waals surface area contributed by atoms with Crippen LogP contribution in [0.15, 0.2) is 55.1 Å². The van der Waals surface area contributed by atoms with E-state index in [9.17, 15) is 0 Å². The van der Waals surface area contributed by atoms with Gasteiger partial charge in [0, 0.05) is 19.4 Å². The number of nitrogens with one attached hydrogen (secondary N) is 1. The van der Waals surface area contributed by atoms with Gasteiger partial charge in [-0.15, -0.1) is 0 Å². The molecule has 0 fully saturated rings. The van der Waals surface area contributed by atoms with Gasteiger partial charge in [-0.2, -0.15) is 15.2 Å². The predicted octanol–water partition coefficient (Wildman–Crippen LogP) is 2.29. The van der Waals surface area contributed by atoms with E-state index in [0.717, 1.165) is 22.4 Å². The van der Waals surface area contributed by atoms with Gasteiger partial charge in [0.2, 0.25) is 5.95 Å². The third-order valence-electron chi connectivity index (χ3n) is 3.27. The largest absolute Gasteiger partial charge is 0.321 e. The van der Waals surface area contributed by atoms with E-state index in [-0.39, 0.29) is 0 Å². The molecule has 3 aromatic heterocycles. The standard InChI is InChI=1S/C15H13N7/c1-21-10-12(9-17-21)19-15-16-7-11-8-18-22(14(11)20-15)13-5-3-2-4-6-13/h2-10H,1H3,(H,16,19,20). The molecule has 0 atom stereocenters. The molecule has 0 saturated carbocycles. The minimum Gasteiger partial charge on any atom is -0.321 e. The summed E-state index contributed by atoms with van der Waals surface area (Å²) in [5.74, 6) is 0.512. The van der Waals surface area contributed by atoms with Crippen molar-refractivity contribution in [3.63, 3.8) is 0 Å². The number of anilines is 2. The van der Waals surface area contributed by atoms with Crippen molar-refractivity contribution in [1.82, 2.24) is 29.5 Å². The van der Waals surface area contributed by atoms with Crippen LogP contribution in [0.2, 0.25) is 0 Å². The maximum absolute atomic E-state index is 4.56. The van der Waals surface area contributed by atoms with E-state index in [1.807, 2.05) is 43.6 Å². The van der Waals surface area contributed by atoms with Gasteiger partial charge >= 0.3 is 0 Å². The second-order valence-electron chi connectivity index (χ2n) is 4.89. The maximum Gasteiger partial charge on any atom is 0.229 e. The van der Waals surface area contributed by atoms with Crippen molar-refractivity contribution in [2.24, 2.45) is 7.05 Å². The Balaban J connectivity index is 1.76. The van der Waals surface area contributed by atoms with Crippen LogP contribution in [0, 0.1) is 0 Å². The summed E-state index contributed by atoms with van der Waals surface area (Å²) >= 11 is 0. The highest BCUT2D eigenvalue weighted by Crippen LogP contribution is 2.18. The monoisotopic (exact) mass is 291 g/mol. The number of hydrogen-bond donors (Lipinski definition) is 1. The molecule has 0 aliphatic heterocycles. The number of aromatic nitrogens is 6. The molecule has 0 spiro atoms. The van der Waals surface area contributed by atoms with Gasteiger partial charge in [-0.05, 0) is 12.1 Å². The number of aryl methyl sites for hydroxylation is 1. The zero-order valence-electron chi connectivity index (χ0n) is 11.9. The maximum atomic E-state index is 4.56. The second-order valence-corrected chi connectivity index (χ2v) is 4.89. The summed E-state index contributed by atoms with van der Waals surface area (Å²) in [7, 11) is 1.86. The molecular weight excluding hydrogens is 278 g/mol. The highest BCUT2D eigenvalue weighted by atomic mass is 15.3. The first kappa shape index (κ1) is 12.5. The van der Waals surface area contributed by atoms with Gasteiger partial charge in [0.25, 0.3) is 0 Å². The molecule has 4 aromatic rings. The Morgan fingerprint density at radius 2 is 1.86 bits per heavy atom. The molecule has 0 bridgehead atoms. The molecule has 108 valence electrons. The van der Waals surface area contributed by atoms with Gasteiger partial charge in [0.15, 0.2) is 5.65 Å². The fraction of sp³-hybridized carbons (Fsp3) is 0.0667. The first-order valence-corrected chi connectivity index (χ1v) is 6.81. The summed E-state index contributed by atoms with van der Waals surface area (Å²) in [4.78, 5) is 8.86. The smallest absolute Gasteiger partial charge is 0.229 e. The van der Waals surface area contributed by atoms with Gasteiger partial charge in [0.05, 0.1) is 29.2 Å². The third-order valence-corrected chi connectivity index (χ3v) is 3.27. The highest BCUT2D eigenvalue weighted by molar-refractivity contribution is 5.76. The average Bonchev–Trinajstić information content (AvgIpc) is 3.14. The number of fused-ring (bicyclic) bond motifs is 1. The summed E-state index contributed by atoms with van der Waals surface area (Å²) < 4.78 is 3.51. The fourth-order valence-corrected chi connectivity index (χ4v) is 2.25. The Morgan fingerprint density at radius 1 is 1.00 bits per heavy atom. The molecule has 7 heteroatoms. The van der Waals surface area contributed by atoms with Crippen molar-refractivity contribution in [3.8, 4) is 5.69 Å². The Morgan fingerprint density at radius 3 is 2.64 bits per heavy atom. The lowest BCUT2D eigenvalue weighted by atomic mass is 10.3. The predicted molar refractivity (Wildman–Crippen MR) is 83.2 cm³/mol. The van der Waals surface area contributed by atoms with E-state index in [0.29, 0.717) is 5.95 Å². The van der Waals surface area contributed by atoms with E-state index in [4.69, 9.17) is 0 Å². The zero-order valence-corrected chi connectivity index (χ0v) is 11.9. The molecule has 0 aliphatic carbocycles. The van der Waals surface area contributed by atoms with Crippen molar-refractivity contribution >= 4 is 22.7 Å². The Kier molecular flexibility index (Phi) is 2.82. The van der Waals surface area contributed by atoms with Gasteiger partial charge in [-0.1, -0.05) is 18.2 Å². The molecule has 1 N–H and O–H groups in total. The number of benzene rings is 1. The van der Waals surface area contributed by atoms with Crippen molar-refractivity contribution in [2.75, 3.05) is 5.32 Å². The van der Waals surface area contributed by atoms with E-state index < -0.39 is 0 Å². The molecule has 7 nitrogen and oxygen atoms in total. The minimum atomic E-state index is 0.512. The van der Waals surface area contributed by atoms with Crippen LogP contribution < -0.4 is 5.32 Å². The molecule has 0 unspecified atom stereocenters. The molecule has 0 saturated heterocycles. The van der Waals surface area contributed by atoms with Crippen LogP contribution in [-0.4, -0.2) is 29.5 Å². The van der Waals surface area contributed by atoms with Gasteiger partial charge < -0.3 is 5.32 Å². The number of hydrogen-bond acceptors (Lipinski definition) is 5. The van der Waals surface area contributed by atoms with E-state index in [1.165, 1.54) is 0 Å². The minimum absolute atomic E-state index is 0.512. The molecule has 3 heterocycles. The van der Waals surface area contributed by atoms with E-state index in [2.05, 4.69) is 25.5 Å². The van der Waals surface area contributed by atoms with Gasteiger partial charge in [0.1, 0.15) is 0 Å². The normalized spacial score (nSPS) is 11.0. The summed E-state index contributed by atoms with van der Waals surface area (Å²) in [6.07, 6.45) is 7.10. The summed E-state index contributed by atoms with van der Waals surface area (Å²) in [6.45, 7) is 0. The lowest BCUT2D eigenvalue weighted by molar-refractivity contribution is 0.768. The molecular formula is C15H13N7. The van der Waals surface area contributed by atoms with Crippen molar-refractivity contribution in [3.05, 3.63) is 55.1 Å². The van der Waals surface area contributed by atoms with E-state index >= 15 is 0 Å². The quantitative estimate of drug-likeness (QED) is 0.627. The number of para-hydroxylation sites is 1. The molecule has 0 amide bonds. The van der Waals surface area contributed by atoms with Crippen LogP contribution in [0.5, 0.6) is 0 Å². The topological polar surface area (TPSA) is 73.5 Å². The lowest BCUT2D eigenvalue weighted by Gasteiger charge is -2.04. The van der Waals surface area contributed by atoms with Crippen LogP contribution in [0.3, 0.4) is 0 Å². The second kappa shape index (κ2) is 4.96. The van der Waals surface area contributed by atoms with Crippen molar-refractivity contribution < 1.29 is 0 Å². The fourth-order valence-electron chi connectivity index (χ4n) is 2.25. The Bertz CT molecular complexity index is 923. The first-order chi connectivity index (χ1) is 10.8. The van der Waals surface area contributed by atoms with Crippen LogP contribution in [-0.2, 0) is 7.05 Å². The summed E-state index contributed by atoms with van der Waals surface area (Å²) in [6, 6.07) is 9.89. The molecule has 0 radical (unpaired) electrons. The lowest BCUT2D eigenvalue weighted by Crippen LogP contribution is -2.00.